The Morgan fingerprint density at radius 1 is 1.86 bits per heavy atom. The van der Waals surface area contributed by atoms with Crippen LogP contribution in [0.5, 0.6) is 0 Å². The maximum atomic E-state index is 9.45. The Balaban J connectivity index is 0. The van der Waals surface area contributed by atoms with Crippen molar-refractivity contribution in [2.45, 2.75) is 6.92 Å². The zero-order chi connectivity index (χ0) is 4.83. The van der Waals surface area contributed by atoms with E-state index in [1.165, 1.54) is 0 Å². The van der Waals surface area contributed by atoms with Crippen LogP contribution in [0.3, 0.4) is 0 Å². The molecule has 0 fully saturated rings. The molecule has 0 aliphatic heterocycles. The molecule has 0 aromatic heterocycles. The van der Waals surface area contributed by atoms with Crippen LogP contribution in [0.2, 0.25) is 0 Å². The van der Waals surface area contributed by atoms with Gasteiger partial charge in [0.1, 0.15) is 0 Å². The molecule has 0 heterocycles. The van der Waals surface area contributed by atoms with Crippen molar-refractivity contribution < 1.29 is 9.32 Å². The van der Waals surface area contributed by atoms with Gasteiger partial charge in [0.2, 0.25) is 0 Å². The lowest BCUT2D eigenvalue weighted by molar-refractivity contribution is 0.393. The zero-order valence-corrected chi connectivity index (χ0v) is 6.72. The van der Waals surface area contributed by atoms with E-state index in [0.29, 0.717) is 6.61 Å². The molecule has 1 unspecified atom stereocenters. The minimum Gasteiger partial charge on any atom is -0.355 e. The predicted octanol–water partition coefficient (Wildman–Crippen LogP) is 1.38. The first-order valence-electron chi connectivity index (χ1n) is 1.72. The Hall–Kier alpha value is 0.540. The van der Waals surface area contributed by atoms with E-state index in [9.17, 15) is 4.79 Å². The van der Waals surface area contributed by atoms with Crippen LogP contribution in [-0.2, 0) is 9.32 Å². The summed E-state index contributed by atoms with van der Waals surface area (Å²) in [5, 5.41) is 0. The average Bonchev–Trinajstić information content (AvgIpc) is 1.61. The first-order valence-corrected chi connectivity index (χ1v) is 2.71. The van der Waals surface area contributed by atoms with Gasteiger partial charge in [0.25, 0.3) is 0 Å². The van der Waals surface area contributed by atoms with Crippen molar-refractivity contribution in [3.05, 3.63) is 0 Å². The lowest BCUT2D eigenvalue weighted by Gasteiger charge is -1.85. The molecule has 0 spiro atoms. The second-order valence-corrected chi connectivity index (χ2v) is 1.43. The van der Waals surface area contributed by atoms with E-state index in [0.717, 1.165) is 6.03 Å². The molecule has 0 radical (unpaired) electrons. The standard InChI is InChI=1S/C3H7O2P.BrH/c1-2-5-6-3-4;/h3,6H,2H2,1H3;1H. The third-order valence-electron chi connectivity index (χ3n) is 0.276. The van der Waals surface area contributed by atoms with Crippen molar-refractivity contribution >= 4 is 31.8 Å². The number of rotatable bonds is 3. The van der Waals surface area contributed by atoms with E-state index >= 15 is 0 Å². The smallest absolute Gasteiger partial charge is 0.166 e. The van der Waals surface area contributed by atoms with Crippen LogP contribution in [0.25, 0.3) is 0 Å². The molecule has 2 nitrogen and oxygen atoms in total. The number of hydrogen-bond acceptors (Lipinski definition) is 2. The average molecular weight is 187 g/mol. The number of carbonyl (C=O) groups is 1. The largest absolute Gasteiger partial charge is 0.355 e. The normalized spacial score (nSPS) is 8.71. The lowest BCUT2D eigenvalue weighted by Crippen LogP contribution is -1.71. The summed E-state index contributed by atoms with van der Waals surface area (Å²) in [5.74, 6) is 0. The predicted molar refractivity (Wildman–Crippen MR) is 37.0 cm³/mol. The fourth-order valence-corrected chi connectivity index (χ4v) is 0.352. The van der Waals surface area contributed by atoms with E-state index in [2.05, 4.69) is 4.52 Å². The van der Waals surface area contributed by atoms with E-state index in [1.54, 1.807) is 0 Å². The highest BCUT2D eigenvalue weighted by Gasteiger charge is 1.72. The Morgan fingerprint density at radius 2 is 2.43 bits per heavy atom. The van der Waals surface area contributed by atoms with Crippen LogP contribution in [-0.4, -0.2) is 12.6 Å². The van der Waals surface area contributed by atoms with Gasteiger partial charge in [-0.05, 0) is 6.92 Å². The molecule has 0 aromatic carbocycles. The first-order chi connectivity index (χ1) is 2.91. The second-order valence-electron chi connectivity index (χ2n) is 0.669. The van der Waals surface area contributed by atoms with Crippen LogP contribution in [0.1, 0.15) is 6.92 Å². The highest BCUT2D eigenvalue weighted by molar-refractivity contribution is 8.93. The molecule has 7 heavy (non-hydrogen) atoms. The molecule has 0 saturated heterocycles. The van der Waals surface area contributed by atoms with Crippen LogP contribution < -0.4 is 0 Å². The molecule has 0 N–H and O–H groups in total. The molecule has 0 amide bonds. The molecule has 4 heteroatoms. The minimum atomic E-state index is 0. The number of hydrogen-bond donors (Lipinski definition) is 0. The lowest BCUT2D eigenvalue weighted by atomic mass is 10.9. The molecular formula is C3H8BrO2P. The van der Waals surface area contributed by atoms with Gasteiger partial charge in [-0.25, -0.2) is 0 Å². The van der Waals surface area contributed by atoms with Crippen LogP contribution >= 0.6 is 25.8 Å². The number of halogens is 1. The first kappa shape index (κ1) is 10.5. The molecule has 0 aliphatic carbocycles. The summed E-state index contributed by atoms with van der Waals surface area (Å²) in [6, 6.07) is 0.767. The van der Waals surface area contributed by atoms with Gasteiger partial charge >= 0.3 is 0 Å². The monoisotopic (exact) mass is 186 g/mol. The van der Waals surface area contributed by atoms with Crippen molar-refractivity contribution in [1.29, 1.82) is 0 Å². The van der Waals surface area contributed by atoms with Crippen molar-refractivity contribution in [2.75, 3.05) is 6.61 Å². The fourth-order valence-electron chi connectivity index (χ4n) is 0.117. The Kier molecular flexibility index (Phi) is 14.6. The van der Waals surface area contributed by atoms with Crippen molar-refractivity contribution in [3.63, 3.8) is 0 Å². The topological polar surface area (TPSA) is 26.3 Å². The van der Waals surface area contributed by atoms with Gasteiger partial charge in [-0.1, -0.05) is 0 Å². The van der Waals surface area contributed by atoms with Crippen LogP contribution in [0.15, 0.2) is 0 Å². The van der Waals surface area contributed by atoms with Crippen molar-refractivity contribution in [1.82, 2.24) is 0 Å². The Bertz CT molecular complexity index is 41.9. The third-order valence-corrected chi connectivity index (χ3v) is 0.827. The van der Waals surface area contributed by atoms with E-state index in [-0.39, 0.29) is 25.8 Å². The summed E-state index contributed by atoms with van der Waals surface area (Å²) in [5.41, 5.74) is 0. The quantitative estimate of drug-likeness (QED) is 0.379. The minimum absolute atomic E-state index is 0. The van der Waals surface area contributed by atoms with E-state index < -0.39 is 0 Å². The second kappa shape index (κ2) is 9.74. The van der Waals surface area contributed by atoms with Gasteiger partial charge in [0.05, 0.1) is 8.81 Å². The summed E-state index contributed by atoms with van der Waals surface area (Å²) in [6.07, 6.45) is 0. The molecule has 0 bridgehead atoms. The van der Waals surface area contributed by atoms with Gasteiger partial charge in [0, 0.05) is 6.61 Å². The molecule has 0 rings (SSSR count). The maximum Gasteiger partial charge on any atom is 0.166 e. The van der Waals surface area contributed by atoms with Crippen molar-refractivity contribution in [2.24, 2.45) is 0 Å². The van der Waals surface area contributed by atoms with Crippen LogP contribution in [0.4, 0.5) is 0 Å². The summed E-state index contributed by atoms with van der Waals surface area (Å²) in [6.45, 7) is 2.49. The summed E-state index contributed by atoms with van der Waals surface area (Å²) in [7, 11) is 0.0343. The van der Waals surface area contributed by atoms with Gasteiger partial charge in [-0.3, -0.25) is 4.79 Å². The Morgan fingerprint density at radius 3 is 2.57 bits per heavy atom. The summed E-state index contributed by atoms with van der Waals surface area (Å²) >= 11 is 0. The highest BCUT2D eigenvalue weighted by atomic mass is 79.9. The fraction of sp³-hybridized carbons (Fsp3) is 0.667. The Labute approximate surface area is 55.3 Å². The molecule has 1 atom stereocenters. The van der Waals surface area contributed by atoms with Gasteiger partial charge in [-0.2, -0.15) is 0 Å². The van der Waals surface area contributed by atoms with E-state index in [1.807, 2.05) is 6.92 Å². The molecule has 44 valence electrons. The zero-order valence-electron chi connectivity index (χ0n) is 4.01. The van der Waals surface area contributed by atoms with Crippen LogP contribution in [0, 0.1) is 0 Å². The summed E-state index contributed by atoms with van der Waals surface area (Å²) < 4.78 is 4.64. The summed E-state index contributed by atoms with van der Waals surface area (Å²) in [4.78, 5) is 9.45. The number of carbonyl (C=O) groups excluding carboxylic acids is 1. The van der Waals surface area contributed by atoms with Gasteiger partial charge in [-0.15, -0.1) is 17.0 Å². The third kappa shape index (κ3) is 10.8. The van der Waals surface area contributed by atoms with Gasteiger partial charge < -0.3 is 4.52 Å². The SMILES string of the molecule is Br.CCOPC=O. The molecular weight excluding hydrogens is 179 g/mol. The molecule has 0 aliphatic rings. The maximum absolute atomic E-state index is 9.45. The van der Waals surface area contributed by atoms with E-state index in [4.69, 9.17) is 0 Å². The molecule has 0 aromatic rings. The molecule has 0 saturated carbocycles. The highest BCUT2D eigenvalue weighted by Crippen LogP contribution is 2.02. The van der Waals surface area contributed by atoms with Crippen molar-refractivity contribution in [3.8, 4) is 0 Å². The van der Waals surface area contributed by atoms with Gasteiger partial charge in [0.15, 0.2) is 6.03 Å².